The van der Waals surface area contributed by atoms with Crippen LogP contribution < -0.4 is 10.6 Å². The van der Waals surface area contributed by atoms with Crippen molar-refractivity contribution in [2.75, 3.05) is 11.4 Å². The highest BCUT2D eigenvalue weighted by Crippen LogP contribution is 2.29. The van der Waals surface area contributed by atoms with Crippen LogP contribution in [0.3, 0.4) is 0 Å². The molecule has 6 nitrogen and oxygen atoms in total. The zero-order valence-electron chi connectivity index (χ0n) is 16.9. The van der Waals surface area contributed by atoms with Gasteiger partial charge in [-0.05, 0) is 37.0 Å². The predicted octanol–water partition coefficient (Wildman–Crippen LogP) is 3.64. The predicted molar refractivity (Wildman–Crippen MR) is 103 cm³/mol. The highest BCUT2D eigenvalue weighted by molar-refractivity contribution is 6.02. The Kier molecular flexibility index (Phi) is 9.43. The molecule has 3 N–H and O–H groups in total. The Morgan fingerprint density at radius 1 is 1.16 bits per heavy atom. The first kappa shape index (κ1) is 27.1. The number of ketones is 1. The molecule has 0 aromatic heterocycles. The second-order valence-electron chi connectivity index (χ2n) is 7.07. The molecule has 2 rings (SSSR count). The fourth-order valence-electron chi connectivity index (χ4n) is 2.83. The number of halogens is 6. The van der Waals surface area contributed by atoms with E-state index in [2.05, 4.69) is 0 Å². The molecule has 0 radical (unpaired) electrons. The maximum absolute atomic E-state index is 12.7. The molecule has 1 aliphatic heterocycles. The minimum atomic E-state index is -5.08. The van der Waals surface area contributed by atoms with E-state index in [0.29, 0.717) is 13.0 Å². The molecule has 1 aromatic carbocycles. The number of carbonyl (C=O) groups excluding carboxylic acids is 2. The van der Waals surface area contributed by atoms with Gasteiger partial charge < -0.3 is 15.7 Å². The second kappa shape index (κ2) is 11.1. The number of anilines is 1. The van der Waals surface area contributed by atoms with Gasteiger partial charge in [-0.2, -0.15) is 26.3 Å². The Morgan fingerprint density at radius 3 is 2.22 bits per heavy atom. The van der Waals surface area contributed by atoms with Crippen molar-refractivity contribution in [2.45, 2.75) is 44.6 Å². The number of aliphatic carboxylic acids is 1. The van der Waals surface area contributed by atoms with Crippen molar-refractivity contribution >= 4 is 23.3 Å². The third-order valence-corrected chi connectivity index (χ3v) is 4.37. The van der Waals surface area contributed by atoms with Gasteiger partial charge in [0.05, 0.1) is 12.5 Å². The first-order chi connectivity index (χ1) is 14.6. The Labute approximate surface area is 179 Å². The van der Waals surface area contributed by atoms with Crippen LogP contribution in [0.5, 0.6) is 0 Å². The molecule has 32 heavy (non-hydrogen) atoms. The SMILES string of the molecule is C[C@H](N)C(=O)C[C@H](/C=C/C(=O)N1CCc2ccccc21)CC(F)(F)F.O=C(O)C(F)(F)F. The Hall–Kier alpha value is -2.89. The second-order valence-corrected chi connectivity index (χ2v) is 7.07. The maximum atomic E-state index is 12.7. The summed E-state index contributed by atoms with van der Waals surface area (Å²) < 4.78 is 69.9. The van der Waals surface area contributed by atoms with Crippen LogP contribution in [0, 0.1) is 5.92 Å². The summed E-state index contributed by atoms with van der Waals surface area (Å²) in [4.78, 5) is 34.5. The minimum absolute atomic E-state index is 0.336. The Balaban J connectivity index is 0.000000633. The van der Waals surface area contributed by atoms with Gasteiger partial charge in [0, 0.05) is 18.7 Å². The topological polar surface area (TPSA) is 101 Å². The van der Waals surface area contributed by atoms with Crippen LogP contribution in [-0.2, 0) is 20.8 Å². The number of rotatable bonds is 6. The zero-order valence-corrected chi connectivity index (χ0v) is 16.9. The third-order valence-electron chi connectivity index (χ3n) is 4.37. The molecule has 12 heteroatoms. The summed E-state index contributed by atoms with van der Waals surface area (Å²) in [5.74, 6) is -4.70. The van der Waals surface area contributed by atoms with Crippen molar-refractivity contribution < 1.29 is 45.8 Å². The third kappa shape index (κ3) is 9.08. The van der Waals surface area contributed by atoms with E-state index in [9.17, 15) is 35.9 Å². The number of amides is 1. The number of carboxylic acids is 1. The number of nitrogens with zero attached hydrogens (tertiary/aromatic N) is 1. The van der Waals surface area contributed by atoms with Crippen LogP contribution in [0.4, 0.5) is 32.0 Å². The van der Waals surface area contributed by atoms with Gasteiger partial charge in [-0.15, -0.1) is 0 Å². The fourth-order valence-corrected chi connectivity index (χ4v) is 2.83. The van der Waals surface area contributed by atoms with Gasteiger partial charge in [-0.1, -0.05) is 24.3 Å². The van der Waals surface area contributed by atoms with E-state index in [1.807, 2.05) is 18.2 Å². The number of benzene rings is 1. The largest absolute Gasteiger partial charge is 0.490 e. The smallest absolute Gasteiger partial charge is 0.475 e. The number of hydrogen-bond donors (Lipinski definition) is 2. The van der Waals surface area contributed by atoms with Gasteiger partial charge in [0.1, 0.15) is 5.78 Å². The number of allylic oxidation sites excluding steroid dienone is 1. The van der Waals surface area contributed by atoms with Crippen molar-refractivity contribution in [3.05, 3.63) is 42.0 Å². The lowest BCUT2D eigenvalue weighted by Crippen LogP contribution is -2.30. The molecular formula is C20H22F6N2O4. The molecule has 0 spiro atoms. The number of para-hydroxylation sites is 1. The summed E-state index contributed by atoms with van der Waals surface area (Å²) in [7, 11) is 0. The van der Waals surface area contributed by atoms with Gasteiger partial charge in [0.25, 0.3) is 5.91 Å². The van der Waals surface area contributed by atoms with Gasteiger partial charge >= 0.3 is 18.3 Å². The van der Waals surface area contributed by atoms with Crippen LogP contribution in [-0.4, -0.2) is 47.7 Å². The van der Waals surface area contributed by atoms with E-state index >= 15 is 0 Å². The quantitative estimate of drug-likeness (QED) is 0.491. The van der Waals surface area contributed by atoms with Gasteiger partial charge in [-0.25, -0.2) is 4.79 Å². The first-order valence-corrected chi connectivity index (χ1v) is 9.34. The normalized spacial score (nSPS) is 15.6. The average molecular weight is 468 g/mol. The molecule has 1 amide bonds. The number of nitrogens with two attached hydrogens (primary N) is 1. The van der Waals surface area contributed by atoms with Crippen molar-refractivity contribution in [3.8, 4) is 0 Å². The van der Waals surface area contributed by atoms with E-state index in [4.69, 9.17) is 15.6 Å². The lowest BCUT2D eigenvalue weighted by molar-refractivity contribution is -0.192. The summed E-state index contributed by atoms with van der Waals surface area (Å²) in [6, 6.07) is 6.58. The fraction of sp³-hybridized carbons (Fsp3) is 0.450. The molecule has 2 atom stereocenters. The summed E-state index contributed by atoms with van der Waals surface area (Å²) in [6.07, 6.45) is -7.98. The monoisotopic (exact) mass is 468 g/mol. The number of fused-ring (bicyclic) bond motifs is 1. The van der Waals surface area contributed by atoms with Crippen molar-refractivity contribution in [1.29, 1.82) is 0 Å². The molecule has 0 saturated heterocycles. The van der Waals surface area contributed by atoms with E-state index in [0.717, 1.165) is 17.3 Å². The van der Waals surface area contributed by atoms with Crippen LogP contribution in [0.15, 0.2) is 36.4 Å². The first-order valence-electron chi connectivity index (χ1n) is 9.34. The van der Waals surface area contributed by atoms with Crippen molar-refractivity contribution in [1.82, 2.24) is 0 Å². The standard InChI is InChI=1S/C18H21F3N2O2.C2HF3O2/c1-12(22)16(24)10-13(11-18(19,20)21)6-7-17(25)23-9-8-14-4-2-3-5-15(14)23;3-2(4,5)1(6)7/h2-7,12-13H,8-11,22H2,1H3;(H,6,7)/b7-6+;/t12-,13-;/m0./s1. The number of carbonyl (C=O) groups is 3. The highest BCUT2D eigenvalue weighted by Gasteiger charge is 2.38. The van der Waals surface area contributed by atoms with Crippen molar-refractivity contribution in [3.63, 3.8) is 0 Å². The molecule has 0 aliphatic carbocycles. The minimum Gasteiger partial charge on any atom is -0.475 e. The lowest BCUT2D eigenvalue weighted by Gasteiger charge is -2.17. The molecule has 178 valence electrons. The number of hydrogen-bond acceptors (Lipinski definition) is 4. The molecule has 0 unspecified atom stereocenters. The lowest BCUT2D eigenvalue weighted by atomic mass is 9.95. The molecule has 0 fully saturated rings. The van der Waals surface area contributed by atoms with E-state index in [1.165, 1.54) is 17.9 Å². The number of Topliss-reactive ketones (excluding diaryl/α,β-unsaturated/α-hetero) is 1. The van der Waals surface area contributed by atoms with Gasteiger partial charge in [0.15, 0.2) is 0 Å². The van der Waals surface area contributed by atoms with E-state index < -0.39 is 42.5 Å². The Morgan fingerprint density at radius 2 is 1.72 bits per heavy atom. The van der Waals surface area contributed by atoms with Crippen LogP contribution in [0.1, 0.15) is 25.3 Å². The molecule has 0 saturated carbocycles. The number of carboxylic acid groups (broad SMARTS) is 1. The molecule has 1 heterocycles. The van der Waals surface area contributed by atoms with Crippen LogP contribution in [0.2, 0.25) is 0 Å². The molecule has 1 aromatic rings. The van der Waals surface area contributed by atoms with Crippen LogP contribution in [0.25, 0.3) is 0 Å². The summed E-state index contributed by atoms with van der Waals surface area (Å²) in [5.41, 5.74) is 7.23. The van der Waals surface area contributed by atoms with E-state index in [1.54, 1.807) is 6.07 Å². The summed E-state index contributed by atoms with van der Waals surface area (Å²) in [6.45, 7) is 1.92. The van der Waals surface area contributed by atoms with E-state index in [-0.39, 0.29) is 12.3 Å². The Bertz CT molecular complexity index is 849. The number of alkyl halides is 6. The highest BCUT2D eigenvalue weighted by atomic mass is 19.4. The van der Waals surface area contributed by atoms with Gasteiger partial charge in [-0.3, -0.25) is 9.59 Å². The average Bonchev–Trinajstić information content (AvgIpc) is 3.08. The summed E-state index contributed by atoms with van der Waals surface area (Å²) in [5, 5.41) is 7.12. The molecule has 1 aliphatic rings. The maximum Gasteiger partial charge on any atom is 0.490 e. The molecular weight excluding hydrogens is 446 g/mol. The van der Waals surface area contributed by atoms with Crippen molar-refractivity contribution in [2.24, 2.45) is 11.7 Å². The van der Waals surface area contributed by atoms with Gasteiger partial charge in [0.2, 0.25) is 0 Å². The zero-order chi connectivity index (χ0) is 24.7. The molecule has 0 bridgehead atoms. The van der Waals surface area contributed by atoms with Crippen LogP contribution >= 0.6 is 0 Å². The summed E-state index contributed by atoms with van der Waals surface area (Å²) >= 11 is 0.